The molecule has 0 radical (unpaired) electrons. The zero-order valence-electron chi connectivity index (χ0n) is 5.79. The molecule has 0 aromatic carbocycles. The fourth-order valence-corrected chi connectivity index (χ4v) is 0.396. The maximum atomic E-state index is 4.82. The molecule has 0 amide bonds. The average Bonchev–Trinajstić information content (AvgIpc) is 1.88. The molecule has 0 rings (SSSR count). The highest BCUT2D eigenvalue weighted by Crippen LogP contribution is 1.83. The largest absolute Gasteiger partial charge is 0.481 e. The molecule has 0 aliphatic heterocycles. The van der Waals surface area contributed by atoms with Crippen molar-refractivity contribution in [2.45, 2.75) is 6.92 Å². The predicted molar refractivity (Wildman–Crippen MR) is 39.5 cm³/mol. The minimum Gasteiger partial charge on any atom is -0.481 e. The van der Waals surface area contributed by atoms with Crippen LogP contribution in [0.1, 0.15) is 6.92 Å². The van der Waals surface area contributed by atoms with Crippen LogP contribution in [0.3, 0.4) is 0 Å². The molecule has 0 aliphatic carbocycles. The molecule has 0 aromatic rings. The van der Waals surface area contributed by atoms with Crippen molar-refractivity contribution in [3.05, 3.63) is 24.9 Å². The van der Waals surface area contributed by atoms with Crippen LogP contribution in [-0.2, 0) is 4.74 Å². The molecule has 50 valence electrons. The lowest BCUT2D eigenvalue weighted by Gasteiger charge is -1.93. The van der Waals surface area contributed by atoms with Gasteiger partial charge in [0.15, 0.2) is 0 Å². The van der Waals surface area contributed by atoms with Crippen molar-refractivity contribution in [2.24, 2.45) is 4.99 Å². The highest BCUT2D eigenvalue weighted by molar-refractivity contribution is 5.87. The highest BCUT2D eigenvalue weighted by Gasteiger charge is 1.83. The molecule has 2 heteroatoms. The van der Waals surface area contributed by atoms with Gasteiger partial charge in [-0.1, -0.05) is 12.7 Å². The fraction of sp³-hybridized carbons (Fsp3) is 0.286. The van der Waals surface area contributed by atoms with E-state index in [-0.39, 0.29) is 0 Å². The van der Waals surface area contributed by atoms with Gasteiger partial charge in [-0.3, -0.25) is 0 Å². The first-order valence-corrected chi connectivity index (χ1v) is 2.70. The first-order valence-electron chi connectivity index (χ1n) is 2.70. The molecular weight excluding hydrogens is 114 g/mol. The summed E-state index contributed by atoms with van der Waals surface area (Å²) in [7, 11) is 1.57. The van der Waals surface area contributed by atoms with E-state index in [1.165, 1.54) is 6.20 Å². The Morgan fingerprint density at radius 2 is 2.33 bits per heavy atom. The van der Waals surface area contributed by atoms with Crippen LogP contribution in [-0.4, -0.2) is 13.0 Å². The summed E-state index contributed by atoms with van der Waals surface area (Å²) in [4.78, 5) is 3.80. The maximum absolute atomic E-state index is 4.82. The standard InChI is InChI=1S/C7H11NO/c1-4-6-7(9-3)8-5-2/h4-6H,2H2,1,3H3/b6-4-,8-7?. The first-order chi connectivity index (χ1) is 4.35. The summed E-state index contributed by atoms with van der Waals surface area (Å²) in [5.41, 5.74) is 0. The van der Waals surface area contributed by atoms with E-state index in [1.807, 2.05) is 13.0 Å². The Labute approximate surface area is 55.6 Å². The summed E-state index contributed by atoms with van der Waals surface area (Å²) in [6.07, 6.45) is 5.06. The van der Waals surface area contributed by atoms with Gasteiger partial charge in [-0.25, -0.2) is 4.99 Å². The van der Waals surface area contributed by atoms with Gasteiger partial charge in [0.2, 0.25) is 5.90 Å². The van der Waals surface area contributed by atoms with Gasteiger partial charge in [0.25, 0.3) is 0 Å². The quantitative estimate of drug-likeness (QED) is 0.407. The number of rotatable bonds is 2. The number of hydrogen-bond acceptors (Lipinski definition) is 2. The average molecular weight is 125 g/mol. The summed E-state index contributed by atoms with van der Waals surface area (Å²) in [5, 5.41) is 0. The SMILES string of the molecule is C=CN=C(/C=C\C)OC. The maximum Gasteiger partial charge on any atom is 0.212 e. The molecule has 0 atom stereocenters. The minimum absolute atomic E-state index is 0.576. The van der Waals surface area contributed by atoms with Gasteiger partial charge in [0.05, 0.1) is 7.11 Å². The third kappa shape index (κ3) is 3.53. The number of hydrogen-bond donors (Lipinski definition) is 0. The van der Waals surface area contributed by atoms with Crippen LogP contribution in [0.2, 0.25) is 0 Å². The second kappa shape index (κ2) is 5.09. The number of ether oxygens (including phenoxy) is 1. The number of aliphatic imine (C=N–C) groups is 1. The van der Waals surface area contributed by atoms with Crippen molar-refractivity contribution in [2.75, 3.05) is 7.11 Å². The number of methoxy groups -OCH3 is 1. The minimum atomic E-state index is 0.576. The Morgan fingerprint density at radius 3 is 2.67 bits per heavy atom. The zero-order chi connectivity index (χ0) is 7.11. The van der Waals surface area contributed by atoms with Gasteiger partial charge < -0.3 is 4.74 Å². The smallest absolute Gasteiger partial charge is 0.212 e. The number of allylic oxidation sites excluding steroid dienone is 1. The summed E-state index contributed by atoms with van der Waals surface area (Å²) < 4.78 is 4.82. The molecule has 0 saturated carbocycles. The zero-order valence-corrected chi connectivity index (χ0v) is 5.79. The third-order valence-electron chi connectivity index (χ3n) is 0.737. The Morgan fingerprint density at radius 1 is 1.67 bits per heavy atom. The second-order valence-electron chi connectivity index (χ2n) is 1.35. The van der Waals surface area contributed by atoms with E-state index >= 15 is 0 Å². The summed E-state index contributed by atoms with van der Waals surface area (Å²) >= 11 is 0. The normalized spacial score (nSPS) is 12.0. The van der Waals surface area contributed by atoms with Crippen LogP contribution in [0.4, 0.5) is 0 Å². The molecule has 0 fully saturated rings. The molecule has 9 heavy (non-hydrogen) atoms. The van der Waals surface area contributed by atoms with E-state index < -0.39 is 0 Å². The van der Waals surface area contributed by atoms with Crippen LogP contribution >= 0.6 is 0 Å². The van der Waals surface area contributed by atoms with Crippen molar-refractivity contribution >= 4 is 5.90 Å². The van der Waals surface area contributed by atoms with Gasteiger partial charge in [-0.2, -0.15) is 0 Å². The van der Waals surface area contributed by atoms with Crippen molar-refractivity contribution in [3.8, 4) is 0 Å². The molecule has 2 nitrogen and oxygen atoms in total. The monoisotopic (exact) mass is 125 g/mol. The summed E-state index contributed by atoms with van der Waals surface area (Å²) in [6.45, 7) is 5.33. The van der Waals surface area contributed by atoms with Crippen LogP contribution in [0.25, 0.3) is 0 Å². The molecule has 0 aromatic heterocycles. The Bertz CT molecular complexity index is 136. The van der Waals surface area contributed by atoms with Crippen LogP contribution < -0.4 is 0 Å². The first kappa shape index (κ1) is 7.95. The fourth-order valence-electron chi connectivity index (χ4n) is 0.396. The van der Waals surface area contributed by atoms with Crippen molar-refractivity contribution in [3.63, 3.8) is 0 Å². The second-order valence-corrected chi connectivity index (χ2v) is 1.35. The van der Waals surface area contributed by atoms with Crippen LogP contribution in [0.15, 0.2) is 29.9 Å². The topological polar surface area (TPSA) is 21.6 Å². The molecule has 0 saturated heterocycles. The summed E-state index contributed by atoms with van der Waals surface area (Å²) in [5.74, 6) is 0.576. The molecule has 0 N–H and O–H groups in total. The molecule has 0 unspecified atom stereocenters. The van der Waals surface area contributed by atoms with Gasteiger partial charge in [0, 0.05) is 6.20 Å². The molecule has 0 heterocycles. The van der Waals surface area contributed by atoms with E-state index in [9.17, 15) is 0 Å². The predicted octanol–water partition coefficient (Wildman–Crippen LogP) is 1.75. The van der Waals surface area contributed by atoms with Gasteiger partial charge in [0.1, 0.15) is 0 Å². The summed E-state index contributed by atoms with van der Waals surface area (Å²) in [6, 6.07) is 0. The molecule has 0 bridgehead atoms. The van der Waals surface area contributed by atoms with Crippen molar-refractivity contribution in [1.29, 1.82) is 0 Å². The molecule has 0 spiro atoms. The van der Waals surface area contributed by atoms with Gasteiger partial charge in [-0.15, -0.1) is 0 Å². The van der Waals surface area contributed by atoms with Gasteiger partial charge in [-0.05, 0) is 13.0 Å². The molecular formula is C7H11NO. The highest BCUT2D eigenvalue weighted by atomic mass is 16.5. The Balaban J connectivity index is 3.96. The van der Waals surface area contributed by atoms with Crippen molar-refractivity contribution < 1.29 is 4.74 Å². The Kier molecular flexibility index (Phi) is 4.50. The van der Waals surface area contributed by atoms with E-state index in [2.05, 4.69) is 11.6 Å². The lowest BCUT2D eigenvalue weighted by atomic mass is 10.5. The van der Waals surface area contributed by atoms with E-state index in [4.69, 9.17) is 4.74 Å². The molecule has 0 aliphatic rings. The lowest BCUT2D eigenvalue weighted by Crippen LogP contribution is -1.93. The number of nitrogens with zero attached hydrogens (tertiary/aromatic N) is 1. The van der Waals surface area contributed by atoms with E-state index in [0.717, 1.165) is 0 Å². The van der Waals surface area contributed by atoms with Crippen molar-refractivity contribution in [1.82, 2.24) is 0 Å². The Hall–Kier alpha value is -1.05. The van der Waals surface area contributed by atoms with Crippen LogP contribution in [0, 0.1) is 0 Å². The lowest BCUT2D eigenvalue weighted by molar-refractivity contribution is 0.407. The van der Waals surface area contributed by atoms with Gasteiger partial charge >= 0.3 is 0 Å². The third-order valence-corrected chi connectivity index (χ3v) is 0.737. The van der Waals surface area contributed by atoms with E-state index in [0.29, 0.717) is 5.90 Å². The van der Waals surface area contributed by atoms with E-state index in [1.54, 1.807) is 13.2 Å². The van der Waals surface area contributed by atoms with Crippen LogP contribution in [0.5, 0.6) is 0 Å².